The van der Waals surface area contributed by atoms with Crippen molar-refractivity contribution < 1.29 is 25.8 Å². The second-order valence-corrected chi connectivity index (χ2v) is 20.2. The third kappa shape index (κ3) is 8.33. The molecule has 0 spiro atoms. The number of para-hydroxylation sites is 1. The standard InChI is InChI=1S/C57H57N4O.Pt/c1-36-26-37(2)54(38(3)27-36)39-28-44(60-35-59(43-17-15-16-40(30-43)55(4,5)6)50-23-20-41(31-52(50)60)56(7,8)9)33-46(29-39)62-45-21-22-48-47-18-13-14-19-49(47)61(51(48)34-45)53-32-42(24-25-58-53)57(10,11)12;/h13-32,35H,1-12H3;/q-3;. The van der Waals surface area contributed by atoms with Crippen molar-refractivity contribution in [1.29, 1.82) is 0 Å². The zero-order valence-corrected chi connectivity index (χ0v) is 40.9. The molecule has 6 aromatic carbocycles. The molecule has 0 amide bonds. The normalized spacial score (nSPS) is 13.1. The Labute approximate surface area is 389 Å². The largest absolute Gasteiger partial charge is 0.509 e. The SMILES string of the molecule is Cc1cc(C)c(-c2cc(Oc3[c-]c4c(cc3)c3ccccc3n4-c3cc(C(C)(C)C)ccn3)[c-]c(N3[CH-]N(c4cccc(C(C)(C)C)c4)c4ccc(C(C)(C)C)cc43)c2)c(C)c1.[Pt]. The monoisotopic (exact) mass is 1010 g/mol. The molecular weight excluding hydrogens is 952 g/mol. The smallest absolute Gasteiger partial charge is 0.135 e. The first kappa shape index (κ1) is 44.0. The zero-order chi connectivity index (χ0) is 43.9. The predicted molar refractivity (Wildman–Crippen MR) is 260 cm³/mol. The molecule has 0 aliphatic carbocycles. The Balaban J connectivity index is 0.00000544. The van der Waals surface area contributed by atoms with Crippen LogP contribution in [-0.2, 0) is 37.3 Å². The van der Waals surface area contributed by atoms with Crippen molar-refractivity contribution >= 4 is 44.6 Å². The van der Waals surface area contributed by atoms with Crippen LogP contribution in [0.1, 0.15) is 95.7 Å². The molecule has 0 fully saturated rings. The molecule has 1 aliphatic rings. The molecule has 0 bridgehead atoms. The van der Waals surface area contributed by atoms with Crippen LogP contribution >= 0.6 is 0 Å². The van der Waals surface area contributed by atoms with Crippen LogP contribution < -0.4 is 14.5 Å². The van der Waals surface area contributed by atoms with E-state index < -0.39 is 0 Å². The fraction of sp³-hybridized carbons (Fsp3) is 0.263. The van der Waals surface area contributed by atoms with Crippen molar-refractivity contribution in [2.75, 3.05) is 9.80 Å². The molecule has 0 N–H and O–H groups in total. The number of aryl methyl sites for hydroxylation is 3. The minimum Gasteiger partial charge on any atom is -0.509 e. The number of anilines is 4. The van der Waals surface area contributed by atoms with Crippen molar-refractivity contribution in [3.05, 3.63) is 174 Å². The molecule has 2 aromatic heterocycles. The average molecular weight is 1010 g/mol. The van der Waals surface area contributed by atoms with E-state index in [1.807, 2.05) is 12.3 Å². The minimum absolute atomic E-state index is 0. The van der Waals surface area contributed by atoms with E-state index in [0.29, 0.717) is 11.5 Å². The quantitative estimate of drug-likeness (QED) is 0.155. The van der Waals surface area contributed by atoms with Gasteiger partial charge < -0.3 is 19.1 Å². The third-order valence-electron chi connectivity index (χ3n) is 12.3. The molecule has 324 valence electrons. The average Bonchev–Trinajstić information content (AvgIpc) is 3.75. The Morgan fingerprint density at radius 1 is 0.571 bits per heavy atom. The van der Waals surface area contributed by atoms with Crippen LogP contribution in [0, 0.1) is 39.6 Å². The number of hydrogen-bond acceptors (Lipinski definition) is 4. The van der Waals surface area contributed by atoms with Crippen LogP contribution in [0.4, 0.5) is 22.7 Å². The molecule has 9 rings (SSSR count). The van der Waals surface area contributed by atoms with Crippen LogP contribution in [0.25, 0.3) is 38.8 Å². The van der Waals surface area contributed by atoms with Gasteiger partial charge in [-0.2, -0.15) is 6.07 Å². The molecule has 6 heteroatoms. The Hall–Kier alpha value is -5.64. The van der Waals surface area contributed by atoms with E-state index in [2.05, 4.69) is 225 Å². The van der Waals surface area contributed by atoms with Gasteiger partial charge in [-0.15, -0.1) is 53.6 Å². The van der Waals surface area contributed by atoms with E-state index in [0.717, 1.165) is 55.9 Å². The second kappa shape index (κ2) is 16.2. The van der Waals surface area contributed by atoms with Gasteiger partial charge in [-0.3, -0.25) is 0 Å². The number of nitrogens with zero attached hydrogens (tertiary/aromatic N) is 4. The van der Waals surface area contributed by atoms with Gasteiger partial charge >= 0.3 is 0 Å². The summed E-state index contributed by atoms with van der Waals surface area (Å²) in [6.45, 7) is 29.1. The zero-order valence-electron chi connectivity index (χ0n) is 38.6. The first-order valence-corrected chi connectivity index (χ1v) is 21.8. The van der Waals surface area contributed by atoms with Crippen molar-refractivity contribution in [2.24, 2.45) is 0 Å². The van der Waals surface area contributed by atoms with E-state index in [4.69, 9.17) is 9.72 Å². The number of pyridine rings is 1. The predicted octanol–water partition coefficient (Wildman–Crippen LogP) is 15.5. The minimum atomic E-state index is -0.0449. The molecular formula is C57H57N4OPt-3. The van der Waals surface area contributed by atoms with Crippen molar-refractivity contribution in [3.8, 4) is 28.4 Å². The van der Waals surface area contributed by atoms with Gasteiger partial charge in [0.2, 0.25) is 0 Å². The van der Waals surface area contributed by atoms with Gasteiger partial charge in [0, 0.05) is 61.3 Å². The summed E-state index contributed by atoms with van der Waals surface area (Å²) in [5.74, 6) is 2.07. The van der Waals surface area contributed by atoms with E-state index in [-0.39, 0.29) is 37.3 Å². The van der Waals surface area contributed by atoms with Crippen LogP contribution in [0.5, 0.6) is 11.5 Å². The molecule has 0 saturated heterocycles. The number of ether oxygens (including phenoxy) is 1. The summed E-state index contributed by atoms with van der Waals surface area (Å²) in [7, 11) is 0. The summed E-state index contributed by atoms with van der Waals surface area (Å²) in [5, 5.41) is 2.23. The van der Waals surface area contributed by atoms with Gasteiger partial charge in [-0.25, -0.2) is 4.98 Å². The summed E-state index contributed by atoms with van der Waals surface area (Å²) in [6.07, 6.45) is 1.91. The number of benzene rings is 6. The van der Waals surface area contributed by atoms with Crippen molar-refractivity contribution in [3.63, 3.8) is 0 Å². The fourth-order valence-electron chi connectivity index (χ4n) is 8.94. The molecule has 0 radical (unpaired) electrons. The Kier molecular flexibility index (Phi) is 11.3. The topological polar surface area (TPSA) is 33.5 Å². The Bertz CT molecular complexity index is 3010. The number of aromatic nitrogens is 2. The van der Waals surface area contributed by atoms with Gasteiger partial charge in [0.05, 0.1) is 0 Å². The van der Waals surface area contributed by atoms with Gasteiger partial charge in [0.15, 0.2) is 0 Å². The third-order valence-corrected chi connectivity index (χ3v) is 12.3. The summed E-state index contributed by atoms with van der Waals surface area (Å²) in [4.78, 5) is 9.49. The van der Waals surface area contributed by atoms with E-state index in [1.165, 1.54) is 38.9 Å². The Morgan fingerprint density at radius 3 is 1.97 bits per heavy atom. The van der Waals surface area contributed by atoms with Gasteiger partial charge in [-0.1, -0.05) is 122 Å². The van der Waals surface area contributed by atoms with Gasteiger partial charge in [-0.05, 0) is 118 Å². The molecule has 3 heterocycles. The van der Waals surface area contributed by atoms with Crippen molar-refractivity contribution in [1.82, 2.24) is 9.55 Å². The molecule has 63 heavy (non-hydrogen) atoms. The number of hydrogen-bond donors (Lipinski definition) is 0. The van der Waals surface area contributed by atoms with Gasteiger partial charge in [0.1, 0.15) is 5.82 Å². The molecule has 0 unspecified atom stereocenters. The second-order valence-electron chi connectivity index (χ2n) is 20.2. The van der Waals surface area contributed by atoms with Crippen LogP contribution in [-0.4, -0.2) is 9.55 Å². The summed E-state index contributed by atoms with van der Waals surface area (Å²) >= 11 is 0. The fourth-order valence-corrected chi connectivity index (χ4v) is 8.94. The van der Waals surface area contributed by atoms with Crippen LogP contribution in [0.2, 0.25) is 0 Å². The molecule has 5 nitrogen and oxygen atoms in total. The van der Waals surface area contributed by atoms with Gasteiger partial charge in [0.25, 0.3) is 0 Å². The first-order valence-electron chi connectivity index (χ1n) is 21.8. The first-order chi connectivity index (χ1) is 29.3. The summed E-state index contributed by atoms with van der Waals surface area (Å²) < 4.78 is 9.16. The number of fused-ring (bicyclic) bond motifs is 4. The van der Waals surface area contributed by atoms with Crippen LogP contribution in [0.15, 0.2) is 121 Å². The summed E-state index contributed by atoms with van der Waals surface area (Å²) in [6, 6.07) is 49.1. The van der Waals surface area contributed by atoms with E-state index in [1.54, 1.807) is 0 Å². The summed E-state index contributed by atoms with van der Waals surface area (Å²) in [5.41, 5.74) is 15.8. The molecule has 0 saturated carbocycles. The number of rotatable bonds is 6. The van der Waals surface area contributed by atoms with E-state index >= 15 is 0 Å². The van der Waals surface area contributed by atoms with E-state index in [9.17, 15) is 0 Å². The Morgan fingerprint density at radius 2 is 1.25 bits per heavy atom. The molecule has 1 aliphatic heterocycles. The maximum Gasteiger partial charge on any atom is 0.135 e. The molecule has 0 atom stereocenters. The maximum atomic E-state index is 6.95. The van der Waals surface area contributed by atoms with Crippen molar-refractivity contribution in [2.45, 2.75) is 99.3 Å². The molecule has 8 aromatic rings. The maximum absolute atomic E-state index is 6.95. The van der Waals surface area contributed by atoms with Crippen LogP contribution in [0.3, 0.4) is 0 Å².